The topological polar surface area (TPSA) is 65.1 Å². The quantitative estimate of drug-likeness (QED) is 0.769. The van der Waals surface area contributed by atoms with Crippen molar-refractivity contribution in [1.82, 2.24) is 4.98 Å². The zero-order chi connectivity index (χ0) is 13.0. The number of nitrogens with one attached hydrogen (secondary N) is 2. The smallest absolute Gasteiger partial charge is 0.249 e. The van der Waals surface area contributed by atoms with Gasteiger partial charge in [0.2, 0.25) is 5.56 Å². The molecule has 2 aromatic rings. The van der Waals surface area contributed by atoms with Crippen LogP contribution in [0.2, 0.25) is 0 Å². The number of anilines is 1. The summed E-state index contributed by atoms with van der Waals surface area (Å²) in [4.78, 5) is 13.7. The second-order valence-corrected chi connectivity index (χ2v) is 4.23. The molecular formula is C14H16N2O2. The Kier molecular flexibility index (Phi) is 3.79. The van der Waals surface area contributed by atoms with Crippen molar-refractivity contribution in [2.45, 2.75) is 19.1 Å². The number of aromatic amines is 1. The van der Waals surface area contributed by atoms with E-state index in [9.17, 15) is 9.90 Å². The standard InChI is InChI=1S/C14H16N2O2/c1-10(14(18)11-5-3-2-4-6-11)16-12-7-8-15-13(17)9-12/h2-10,14,18H,1H3,(H2,15,16,17)/t10-,14-/m0/s1. The van der Waals surface area contributed by atoms with E-state index in [1.54, 1.807) is 12.3 Å². The third-order valence-corrected chi connectivity index (χ3v) is 2.78. The molecule has 0 unspecified atom stereocenters. The first-order valence-electron chi connectivity index (χ1n) is 5.85. The van der Waals surface area contributed by atoms with Crippen LogP contribution in [0.5, 0.6) is 0 Å². The van der Waals surface area contributed by atoms with Crippen molar-refractivity contribution >= 4 is 5.69 Å². The Hall–Kier alpha value is -2.07. The minimum atomic E-state index is -0.620. The van der Waals surface area contributed by atoms with E-state index < -0.39 is 6.10 Å². The van der Waals surface area contributed by atoms with Gasteiger partial charge in [0, 0.05) is 18.0 Å². The summed E-state index contributed by atoms with van der Waals surface area (Å²) in [5.74, 6) is 0. The molecule has 0 aliphatic heterocycles. The summed E-state index contributed by atoms with van der Waals surface area (Å²) in [6.07, 6.45) is 0.956. The Balaban J connectivity index is 2.08. The number of H-pyrrole nitrogens is 1. The molecule has 0 spiro atoms. The second kappa shape index (κ2) is 5.51. The molecule has 2 rings (SSSR count). The molecule has 0 aliphatic carbocycles. The highest BCUT2D eigenvalue weighted by Gasteiger charge is 2.15. The van der Waals surface area contributed by atoms with E-state index in [2.05, 4.69) is 10.3 Å². The highest BCUT2D eigenvalue weighted by atomic mass is 16.3. The number of rotatable bonds is 4. The summed E-state index contributed by atoms with van der Waals surface area (Å²) in [5.41, 5.74) is 1.38. The first kappa shape index (κ1) is 12.4. The molecule has 4 nitrogen and oxygen atoms in total. The maximum atomic E-state index is 11.2. The molecule has 0 saturated carbocycles. The van der Waals surface area contributed by atoms with E-state index in [1.165, 1.54) is 6.07 Å². The first-order valence-corrected chi connectivity index (χ1v) is 5.85. The van der Waals surface area contributed by atoms with Crippen molar-refractivity contribution in [3.8, 4) is 0 Å². The summed E-state index contributed by atoms with van der Waals surface area (Å²) >= 11 is 0. The molecule has 2 atom stereocenters. The van der Waals surface area contributed by atoms with Crippen molar-refractivity contribution in [3.63, 3.8) is 0 Å². The van der Waals surface area contributed by atoms with Gasteiger partial charge in [0.25, 0.3) is 0 Å². The van der Waals surface area contributed by atoms with Gasteiger partial charge in [-0.25, -0.2) is 0 Å². The van der Waals surface area contributed by atoms with Gasteiger partial charge in [-0.1, -0.05) is 30.3 Å². The number of aliphatic hydroxyl groups is 1. The lowest BCUT2D eigenvalue weighted by molar-refractivity contribution is 0.161. The molecular weight excluding hydrogens is 228 g/mol. The summed E-state index contributed by atoms with van der Waals surface area (Å²) in [6, 6.07) is 12.5. The van der Waals surface area contributed by atoms with Gasteiger partial charge in [0.05, 0.1) is 12.1 Å². The van der Waals surface area contributed by atoms with Crippen LogP contribution in [0.15, 0.2) is 53.5 Å². The molecule has 0 bridgehead atoms. The van der Waals surface area contributed by atoms with E-state index in [0.29, 0.717) is 5.69 Å². The Morgan fingerprint density at radius 1 is 1.22 bits per heavy atom. The van der Waals surface area contributed by atoms with Crippen molar-refractivity contribution in [3.05, 3.63) is 64.6 Å². The third-order valence-electron chi connectivity index (χ3n) is 2.78. The van der Waals surface area contributed by atoms with Gasteiger partial charge in [-0.05, 0) is 18.6 Å². The highest BCUT2D eigenvalue weighted by molar-refractivity contribution is 5.42. The fourth-order valence-corrected chi connectivity index (χ4v) is 1.82. The van der Waals surface area contributed by atoms with Crippen molar-refractivity contribution in [2.75, 3.05) is 5.32 Å². The predicted octanol–water partition coefficient (Wildman–Crippen LogP) is 1.91. The number of aliphatic hydroxyl groups excluding tert-OH is 1. The molecule has 1 aromatic carbocycles. The summed E-state index contributed by atoms with van der Waals surface area (Å²) in [5, 5.41) is 13.3. The maximum Gasteiger partial charge on any atom is 0.249 e. The molecule has 0 radical (unpaired) electrons. The molecule has 0 saturated heterocycles. The van der Waals surface area contributed by atoms with Crippen LogP contribution in [-0.4, -0.2) is 16.1 Å². The van der Waals surface area contributed by atoms with Crippen molar-refractivity contribution in [1.29, 1.82) is 0 Å². The lowest BCUT2D eigenvalue weighted by Crippen LogP contribution is -2.24. The Morgan fingerprint density at radius 3 is 2.61 bits per heavy atom. The van der Waals surface area contributed by atoms with Gasteiger partial charge in [-0.2, -0.15) is 0 Å². The first-order chi connectivity index (χ1) is 8.66. The normalized spacial score (nSPS) is 13.9. The number of hydrogen-bond acceptors (Lipinski definition) is 3. The largest absolute Gasteiger partial charge is 0.386 e. The third kappa shape index (κ3) is 2.99. The van der Waals surface area contributed by atoms with Gasteiger partial charge in [-0.3, -0.25) is 4.79 Å². The minimum absolute atomic E-state index is 0.165. The van der Waals surface area contributed by atoms with E-state index in [4.69, 9.17) is 0 Å². The Morgan fingerprint density at radius 2 is 1.94 bits per heavy atom. The molecule has 1 heterocycles. The van der Waals surface area contributed by atoms with Crippen molar-refractivity contribution < 1.29 is 5.11 Å². The summed E-state index contributed by atoms with van der Waals surface area (Å²) in [7, 11) is 0. The summed E-state index contributed by atoms with van der Waals surface area (Å²) in [6.45, 7) is 1.87. The highest BCUT2D eigenvalue weighted by Crippen LogP contribution is 2.19. The number of hydrogen-bond donors (Lipinski definition) is 3. The molecule has 0 amide bonds. The fourth-order valence-electron chi connectivity index (χ4n) is 1.82. The molecule has 1 aromatic heterocycles. The fraction of sp³-hybridized carbons (Fsp3) is 0.214. The molecule has 0 fully saturated rings. The number of benzene rings is 1. The molecule has 3 N–H and O–H groups in total. The molecule has 94 valence electrons. The van der Waals surface area contributed by atoms with Crippen LogP contribution in [0.1, 0.15) is 18.6 Å². The van der Waals surface area contributed by atoms with E-state index in [1.807, 2.05) is 37.3 Å². The Bertz CT molecular complexity index is 551. The zero-order valence-corrected chi connectivity index (χ0v) is 10.1. The van der Waals surface area contributed by atoms with Crippen LogP contribution in [0.25, 0.3) is 0 Å². The second-order valence-electron chi connectivity index (χ2n) is 4.23. The average Bonchev–Trinajstić information content (AvgIpc) is 2.39. The minimum Gasteiger partial charge on any atom is -0.386 e. The monoisotopic (exact) mass is 244 g/mol. The summed E-state index contributed by atoms with van der Waals surface area (Å²) < 4.78 is 0. The van der Waals surface area contributed by atoms with Crippen LogP contribution in [0, 0.1) is 0 Å². The average molecular weight is 244 g/mol. The van der Waals surface area contributed by atoms with Crippen LogP contribution in [-0.2, 0) is 0 Å². The van der Waals surface area contributed by atoms with Crippen LogP contribution >= 0.6 is 0 Å². The number of pyridine rings is 1. The zero-order valence-electron chi connectivity index (χ0n) is 10.1. The van der Waals surface area contributed by atoms with Crippen LogP contribution < -0.4 is 10.9 Å². The van der Waals surface area contributed by atoms with E-state index in [0.717, 1.165) is 5.56 Å². The maximum absolute atomic E-state index is 11.2. The van der Waals surface area contributed by atoms with Crippen LogP contribution in [0.3, 0.4) is 0 Å². The SMILES string of the molecule is C[C@H](Nc1cc[nH]c(=O)c1)[C@H](O)c1ccccc1. The van der Waals surface area contributed by atoms with E-state index >= 15 is 0 Å². The van der Waals surface area contributed by atoms with Gasteiger partial charge in [0.15, 0.2) is 0 Å². The van der Waals surface area contributed by atoms with Gasteiger partial charge in [-0.15, -0.1) is 0 Å². The van der Waals surface area contributed by atoms with Gasteiger partial charge in [0.1, 0.15) is 0 Å². The molecule has 0 aliphatic rings. The van der Waals surface area contributed by atoms with Gasteiger partial charge >= 0.3 is 0 Å². The van der Waals surface area contributed by atoms with E-state index in [-0.39, 0.29) is 11.6 Å². The van der Waals surface area contributed by atoms with Gasteiger partial charge < -0.3 is 15.4 Å². The molecule has 4 heteroatoms. The lowest BCUT2D eigenvalue weighted by atomic mass is 10.0. The predicted molar refractivity (Wildman–Crippen MR) is 71.5 cm³/mol. The molecule has 18 heavy (non-hydrogen) atoms. The van der Waals surface area contributed by atoms with Crippen molar-refractivity contribution in [2.24, 2.45) is 0 Å². The lowest BCUT2D eigenvalue weighted by Gasteiger charge is -2.21. The number of aromatic nitrogens is 1. The Labute approximate surface area is 105 Å². The van der Waals surface area contributed by atoms with Crippen LogP contribution in [0.4, 0.5) is 5.69 Å².